The summed E-state index contributed by atoms with van der Waals surface area (Å²) in [5.41, 5.74) is 0.166. The van der Waals surface area contributed by atoms with E-state index in [2.05, 4.69) is 21.3 Å². The quantitative estimate of drug-likeness (QED) is 0.213. The Balaban J connectivity index is 0.00000154. The van der Waals surface area contributed by atoms with E-state index in [0.717, 1.165) is 27.8 Å². The van der Waals surface area contributed by atoms with Crippen LogP contribution in [-0.4, -0.2) is 51.5 Å². The van der Waals surface area contributed by atoms with Gasteiger partial charge < -0.3 is 14.7 Å². The first-order valence-corrected chi connectivity index (χ1v) is 14.3. The number of allylic oxidation sites excluding steroid dienone is 1. The number of H-pyrrole nitrogens is 1. The summed E-state index contributed by atoms with van der Waals surface area (Å²) in [5, 5.41) is 24.0. The number of thiazole rings is 1. The van der Waals surface area contributed by atoms with Gasteiger partial charge in [-0.1, -0.05) is 12.1 Å². The number of halogens is 3. The summed E-state index contributed by atoms with van der Waals surface area (Å²) in [5.74, 6) is -0.0572. The number of hydrogen-bond acceptors (Lipinski definition) is 10. The summed E-state index contributed by atoms with van der Waals surface area (Å²) >= 11 is 1.54. The topological polar surface area (TPSA) is 157 Å². The summed E-state index contributed by atoms with van der Waals surface area (Å²) in [4.78, 5) is 43.9. The fraction of sp³-hybridized carbons (Fsp3) is 0.267. The summed E-state index contributed by atoms with van der Waals surface area (Å²) < 4.78 is 47.2. The van der Waals surface area contributed by atoms with Crippen LogP contribution in [0.5, 0.6) is 0 Å². The van der Waals surface area contributed by atoms with E-state index >= 15 is 0 Å². The van der Waals surface area contributed by atoms with E-state index in [9.17, 15) is 28.0 Å². The number of aromatic nitrogens is 4. The first-order chi connectivity index (χ1) is 21.8. The number of hydrogen-bond donors (Lipinski definition) is 2. The third-order valence-electron chi connectivity index (χ3n) is 7.19. The fourth-order valence-corrected chi connectivity index (χ4v) is 6.23. The highest BCUT2D eigenvalue weighted by Crippen LogP contribution is 2.44. The van der Waals surface area contributed by atoms with Gasteiger partial charge in [-0.2, -0.15) is 18.4 Å². The molecule has 0 radical (unpaired) electrons. The van der Waals surface area contributed by atoms with E-state index in [1.165, 1.54) is 28.7 Å². The predicted octanol–water partition coefficient (Wildman–Crippen LogP) is 5.06. The molecular weight excluding hydrogens is 627 g/mol. The van der Waals surface area contributed by atoms with E-state index in [0.29, 0.717) is 16.7 Å². The number of aryl methyl sites for hydroxylation is 2. The zero-order chi connectivity index (χ0) is 33.9. The van der Waals surface area contributed by atoms with Crippen LogP contribution in [0.3, 0.4) is 0 Å². The van der Waals surface area contributed by atoms with Crippen LogP contribution >= 0.6 is 11.3 Å². The van der Waals surface area contributed by atoms with Gasteiger partial charge >= 0.3 is 17.8 Å². The van der Waals surface area contributed by atoms with Crippen molar-refractivity contribution in [3.63, 3.8) is 0 Å². The van der Waals surface area contributed by atoms with Crippen LogP contribution in [0, 0.1) is 25.2 Å². The molecular formula is C30H28F3N7O5S. The molecule has 5 rings (SSSR count). The lowest BCUT2D eigenvalue weighted by Gasteiger charge is -2.36. The SMILES string of the molecule is COC(=O)C1=C(C)N(c2cccc(C(F)(F)F)c2)c2n[nH]c(=O)n2[C@@H]1c1ccc(C#N)cc1CN(C)c1nc(C)sc1C.O=CO. The minimum atomic E-state index is -4.63. The Morgan fingerprint density at radius 3 is 2.52 bits per heavy atom. The van der Waals surface area contributed by atoms with Crippen LogP contribution < -0.4 is 15.5 Å². The van der Waals surface area contributed by atoms with Gasteiger partial charge in [0, 0.05) is 29.9 Å². The highest BCUT2D eigenvalue weighted by atomic mass is 32.1. The van der Waals surface area contributed by atoms with Crippen LogP contribution in [0.4, 0.5) is 30.6 Å². The van der Waals surface area contributed by atoms with Gasteiger partial charge in [0.15, 0.2) is 0 Å². The van der Waals surface area contributed by atoms with Crippen molar-refractivity contribution in [1.82, 2.24) is 19.7 Å². The van der Waals surface area contributed by atoms with E-state index in [-0.39, 0.29) is 35.9 Å². The van der Waals surface area contributed by atoms with Crippen LogP contribution in [-0.2, 0) is 27.0 Å². The molecule has 240 valence electrons. The molecule has 12 nitrogen and oxygen atoms in total. The molecule has 0 amide bonds. The summed E-state index contributed by atoms with van der Waals surface area (Å²) in [6, 6.07) is 10.5. The number of carbonyl (C=O) groups is 2. The lowest BCUT2D eigenvalue weighted by Crippen LogP contribution is -2.38. The van der Waals surface area contributed by atoms with Crippen molar-refractivity contribution in [3.05, 3.63) is 96.4 Å². The molecule has 0 saturated heterocycles. The Morgan fingerprint density at radius 1 is 1.24 bits per heavy atom. The largest absolute Gasteiger partial charge is 0.483 e. The Labute approximate surface area is 264 Å². The number of methoxy groups -OCH3 is 1. The van der Waals surface area contributed by atoms with Gasteiger partial charge in [0.2, 0.25) is 5.95 Å². The van der Waals surface area contributed by atoms with Crippen LogP contribution in [0.25, 0.3) is 0 Å². The third-order valence-corrected chi connectivity index (χ3v) is 8.07. The molecule has 4 aromatic rings. The average molecular weight is 656 g/mol. The van der Waals surface area contributed by atoms with Crippen LogP contribution in [0.15, 0.2) is 58.5 Å². The summed E-state index contributed by atoms with van der Waals surface area (Å²) in [7, 11) is 3.03. The van der Waals surface area contributed by atoms with Gasteiger partial charge in [-0.15, -0.1) is 16.4 Å². The van der Waals surface area contributed by atoms with Gasteiger partial charge in [0.05, 0.1) is 34.9 Å². The van der Waals surface area contributed by atoms with E-state index in [4.69, 9.17) is 14.6 Å². The number of benzene rings is 2. The number of nitriles is 1. The molecule has 0 aliphatic carbocycles. The second kappa shape index (κ2) is 13.3. The number of anilines is 3. The van der Waals surface area contributed by atoms with E-state index in [1.54, 1.807) is 36.5 Å². The molecule has 2 aromatic heterocycles. The maximum atomic E-state index is 13.6. The van der Waals surface area contributed by atoms with Gasteiger partial charge in [-0.3, -0.25) is 9.69 Å². The number of rotatable bonds is 6. The van der Waals surface area contributed by atoms with E-state index < -0.39 is 29.4 Å². The monoisotopic (exact) mass is 655 g/mol. The Hall–Kier alpha value is -5.43. The predicted molar refractivity (Wildman–Crippen MR) is 163 cm³/mol. The van der Waals surface area contributed by atoms with Crippen LogP contribution in [0.1, 0.15) is 45.1 Å². The first-order valence-electron chi connectivity index (χ1n) is 13.5. The number of fused-ring (bicyclic) bond motifs is 1. The lowest BCUT2D eigenvalue weighted by molar-refractivity contribution is -0.138. The number of nitrogens with zero attached hydrogens (tertiary/aromatic N) is 6. The van der Waals surface area contributed by atoms with Crippen molar-refractivity contribution in [2.24, 2.45) is 0 Å². The third kappa shape index (κ3) is 6.35. The van der Waals surface area contributed by atoms with Crippen LogP contribution in [0.2, 0.25) is 0 Å². The number of carbonyl (C=O) groups excluding carboxylic acids is 1. The molecule has 1 aliphatic rings. The smallest absolute Gasteiger partial charge is 0.416 e. The molecule has 0 unspecified atom stereocenters. The van der Waals surface area contributed by atoms with E-state index in [1.807, 2.05) is 25.8 Å². The Bertz CT molecular complexity index is 1920. The van der Waals surface area contributed by atoms with Gasteiger partial charge in [0.1, 0.15) is 11.9 Å². The van der Waals surface area contributed by atoms with Crippen molar-refractivity contribution in [2.75, 3.05) is 24.0 Å². The highest BCUT2D eigenvalue weighted by molar-refractivity contribution is 7.12. The van der Waals surface area contributed by atoms with Crippen molar-refractivity contribution in [3.8, 4) is 6.07 Å². The maximum Gasteiger partial charge on any atom is 0.416 e. The Morgan fingerprint density at radius 2 is 1.93 bits per heavy atom. The number of nitrogens with one attached hydrogen (secondary N) is 1. The normalized spacial score (nSPS) is 14.2. The minimum absolute atomic E-state index is 0.0187. The van der Waals surface area contributed by atoms with Gasteiger partial charge in [-0.05, 0) is 62.2 Å². The molecule has 3 heterocycles. The molecule has 0 bridgehead atoms. The molecule has 2 aromatic carbocycles. The number of aromatic amines is 1. The molecule has 2 N–H and O–H groups in total. The lowest BCUT2D eigenvalue weighted by atomic mass is 9.90. The molecule has 0 saturated carbocycles. The van der Waals surface area contributed by atoms with Crippen molar-refractivity contribution in [1.29, 1.82) is 5.26 Å². The number of ether oxygens (including phenoxy) is 1. The molecule has 16 heteroatoms. The fourth-order valence-electron chi connectivity index (χ4n) is 5.36. The Kier molecular flexibility index (Phi) is 9.66. The zero-order valence-corrected chi connectivity index (χ0v) is 26.0. The molecule has 1 atom stereocenters. The standard InChI is InChI=1S/C29H26F3N7O3S.CH2O2/c1-15-23(26(40)42-5)24(22-10-9-18(13-33)11-19(22)14-37(4)25-16(2)43-17(3)34-25)39-27(35-36-28(39)41)38(15)21-8-6-7-20(12-21)29(30,31)32;2-1-3/h6-12,24H,14H2,1-5H3,(H,36,41);1H,(H,2,3)/t24-;/m1./s1. The number of alkyl halides is 3. The molecule has 0 fully saturated rings. The zero-order valence-electron chi connectivity index (χ0n) is 25.2. The number of carboxylic acid groups (broad SMARTS) is 1. The van der Waals surface area contributed by atoms with Crippen molar-refractivity contribution >= 4 is 41.2 Å². The summed E-state index contributed by atoms with van der Waals surface area (Å²) in [6.07, 6.45) is -4.63. The molecule has 0 spiro atoms. The molecule has 46 heavy (non-hydrogen) atoms. The summed E-state index contributed by atoms with van der Waals surface area (Å²) in [6.45, 7) is 5.42. The minimum Gasteiger partial charge on any atom is -0.483 e. The van der Waals surface area contributed by atoms with Gasteiger partial charge in [0.25, 0.3) is 6.47 Å². The average Bonchev–Trinajstić information content (AvgIpc) is 3.56. The first kappa shape index (κ1) is 33.5. The second-order valence-electron chi connectivity index (χ2n) is 10.1. The maximum absolute atomic E-state index is 13.6. The molecule has 1 aliphatic heterocycles. The highest BCUT2D eigenvalue weighted by Gasteiger charge is 2.41. The van der Waals surface area contributed by atoms with Gasteiger partial charge in [-0.25, -0.2) is 24.2 Å². The number of esters is 1. The second-order valence-corrected chi connectivity index (χ2v) is 11.5. The van der Waals surface area contributed by atoms with Crippen molar-refractivity contribution < 1.29 is 32.6 Å². The van der Waals surface area contributed by atoms with Crippen molar-refractivity contribution in [2.45, 2.75) is 39.5 Å².